The average molecular weight is 238 g/mol. The van der Waals surface area contributed by atoms with Crippen LogP contribution in [0.25, 0.3) is 0 Å². The van der Waals surface area contributed by atoms with Crippen LogP contribution in [0.3, 0.4) is 0 Å². The molecule has 0 atom stereocenters. The first-order chi connectivity index (χ1) is 8.15. The summed E-state index contributed by atoms with van der Waals surface area (Å²) in [5.74, 6) is -1.16. The average Bonchev–Trinajstić information content (AvgIpc) is 2.29. The van der Waals surface area contributed by atoms with Crippen molar-refractivity contribution in [2.24, 2.45) is 0 Å². The van der Waals surface area contributed by atoms with Gasteiger partial charge in [-0.25, -0.2) is 9.59 Å². The van der Waals surface area contributed by atoms with E-state index in [0.717, 1.165) is 12.8 Å². The minimum Gasteiger partial charge on any atom is -0.478 e. The first kappa shape index (κ1) is 13.0. The van der Waals surface area contributed by atoms with E-state index in [1.54, 1.807) is 12.1 Å². The standard InChI is InChI=1S/C12H14O5/c1-2-3-8-16-12(15)17-10-7-5-4-6-9(10)11(13)14/h4-7H,2-3,8H2,1H3,(H,13,14). The summed E-state index contributed by atoms with van der Waals surface area (Å²) in [4.78, 5) is 22.1. The van der Waals surface area contributed by atoms with E-state index in [4.69, 9.17) is 14.6 Å². The van der Waals surface area contributed by atoms with E-state index in [9.17, 15) is 9.59 Å². The Morgan fingerprint density at radius 2 is 2.00 bits per heavy atom. The molecule has 5 heteroatoms. The fraction of sp³-hybridized carbons (Fsp3) is 0.333. The molecule has 0 heterocycles. The normalized spacial score (nSPS) is 9.71. The maximum absolute atomic E-state index is 11.2. The van der Waals surface area contributed by atoms with Gasteiger partial charge in [0, 0.05) is 0 Å². The highest BCUT2D eigenvalue weighted by atomic mass is 16.7. The second-order valence-electron chi connectivity index (χ2n) is 3.36. The molecular weight excluding hydrogens is 224 g/mol. The number of carboxylic acid groups (broad SMARTS) is 1. The molecule has 0 fully saturated rings. The monoisotopic (exact) mass is 238 g/mol. The molecular formula is C12H14O5. The molecule has 0 aliphatic rings. The topological polar surface area (TPSA) is 72.8 Å². The highest BCUT2D eigenvalue weighted by molar-refractivity contribution is 5.91. The Bertz CT molecular complexity index is 400. The second-order valence-corrected chi connectivity index (χ2v) is 3.36. The number of unbranched alkanes of at least 4 members (excludes halogenated alkanes) is 1. The lowest BCUT2D eigenvalue weighted by molar-refractivity contribution is 0.0689. The van der Waals surface area contributed by atoms with Gasteiger partial charge < -0.3 is 14.6 Å². The summed E-state index contributed by atoms with van der Waals surface area (Å²) in [5.41, 5.74) is -0.0695. The predicted octanol–water partition coefficient (Wildman–Crippen LogP) is 2.70. The van der Waals surface area contributed by atoms with Gasteiger partial charge in [-0.2, -0.15) is 0 Å². The van der Waals surface area contributed by atoms with Gasteiger partial charge in [-0.3, -0.25) is 0 Å². The number of hydrogen-bond acceptors (Lipinski definition) is 4. The molecule has 1 N–H and O–H groups in total. The number of rotatable bonds is 5. The fourth-order valence-corrected chi connectivity index (χ4v) is 1.15. The molecule has 0 unspecified atom stereocenters. The number of para-hydroxylation sites is 1. The van der Waals surface area contributed by atoms with Crippen molar-refractivity contribution in [3.8, 4) is 5.75 Å². The van der Waals surface area contributed by atoms with E-state index in [1.165, 1.54) is 12.1 Å². The zero-order chi connectivity index (χ0) is 12.7. The molecule has 0 radical (unpaired) electrons. The molecule has 0 aromatic heterocycles. The Balaban J connectivity index is 2.61. The summed E-state index contributed by atoms with van der Waals surface area (Å²) in [6, 6.07) is 5.90. The van der Waals surface area contributed by atoms with Gasteiger partial charge in [-0.15, -0.1) is 0 Å². The lowest BCUT2D eigenvalue weighted by Crippen LogP contribution is -2.13. The summed E-state index contributed by atoms with van der Waals surface area (Å²) >= 11 is 0. The molecule has 1 aromatic carbocycles. The maximum Gasteiger partial charge on any atom is 0.513 e. The van der Waals surface area contributed by atoms with E-state index < -0.39 is 12.1 Å². The zero-order valence-electron chi connectivity index (χ0n) is 9.51. The van der Waals surface area contributed by atoms with Gasteiger partial charge in [0.25, 0.3) is 0 Å². The largest absolute Gasteiger partial charge is 0.513 e. The van der Waals surface area contributed by atoms with Crippen LogP contribution in [0.1, 0.15) is 30.1 Å². The number of aromatic carboxylic acids is 1. The Hall–Kier alpha value is -2.04. The molecule has 0 bridgehead atoms. The molecule has 92 valence electrons. The Kier molecular flexibility index (Phi) is 5.00. The van der Waals surface area contributed by atoms with Gasteiger partial charge in [0.15, 0.2) is 0 Å². The Labute approximate surface area is 99.0 Å². The molecule has 17 heavy (non-hydrogen) atoms. The lowest BCUT2D eigenvalue weighted by Gasteiger charge is -2.07. The zero-order valence-corrected chi connectivity index (χ0v) is 9.51. The predicted molar refractivity (Wildman–Crippen MR) is 60.3 cm³/mol. The molecule has 0 aliphatic carbocycles. The molecule has 0 aliphatic heterocycles. The van der Waals surface area contributed by atoms with Crippen molar-refractivity contribution in [1.82, 2.24) is 0 Å². The van der Waals surface area contributed by atoms with Crippen LogP contribution >= 0.6 is 0 Å². The van der Waals surface area contributed by atoms with Crippen molar-refractivity contribution in [2.75, 3.05) is 6.61 Å². The van der Waals surface area contributed by atoms with E-state index >= 15 is 0 Å². The molecule has 1 aromatic rings. The Morgan fingerprint density at radius 1 is 1.29 bits per heavy atom. The minimum absolute atomic E-state index is 0.0125. The van der Waals surface area contributed by atoms with Crippen LogP contribution in [0.2, 0.25) is 0 Å². The van der Waals surface area contributed by atoms with Gasteiger partial charge in [-0.1, -0.05) is 25.5 Å². The molecule has 1 rings (SSSR count). The molecule has 0 saturated heterocycles. The van der Waals surface area contributed by atoms with Crippen LogP contribution in [0.4, 0.5) is 4.79 Å². The molecule has 0 amide bonds. The van der Waals surface area contributed by atoms with Crippen molar-refractivity contribution in [1.29, 1.82) is 0 Å². The van der Waals surface area contributed by atoms with E-state index in [0.29, 0.717) is 0 Å². The third kappa shape index (κ3) is 4.14. The van der Waals surface area contributed by atoms with E-state index in [1.807, 2.05) is 6.92 Å². The second kappa shape index (κ2) is 6.52. The third-order valence-corrected chi connectivity index (χ3v) is 2.03. The summed E-state index contributed by atoms with van der Waals surface area (Å²) < 4.78 is 9.58. The Morgan fingerprint density at radius 3 is 2.65 bits per heavy atom. The molecule has 0 saturated carbocycles. The van der Waals surface area contributed by atoms with Crippen LogP contribution in [-0.4, -0.2) is 23.8 Å². The van der Waals surface area contributed by atoms with Crippen LogP contribution in [0.15, 0.2) is 24.3 Å². The number of carboxylic acids is 1. The van der Waals surface area contributed by atoms with Crippen LogP contribution in [-0.2, 0) is 4.74 Å². The van der Waals surface area contributed by atoms with Crippen LogP contribution in [0.5, 0.6) is 5.75 Å². The smallest absolute Gasteiger partial charge is 0.478 e. The van der Waals surface area contributed by atoms with Crippen molar-refractivity contribution in [3.63, 3.8) is 0 Å². The number of benzene rings is 1. The van der Waals surface area contributed by atoms with Crippen molar-refractivity contribution in [2.45, 2.75) is 19.8 Å². The number of ether oxygens (including phenoxy) is 2. The number of carbonyl (C=O) groups excluding carboxylic acids is 1. The van der Waals surface area contributed by atoms with Crippen LogP contribution < -0.4 is 4.74 Å². The van der Waals surface area contributed by atoms with Crippen molar-refractivity contribution in [3.05, 3.63) is 29.8 Å². The van der Waals surface area contributed by atoms with E-state index in [2.05, 4.69) is 0 Å². The maximum atomic E-state index is 11.2. The number of hydrogen-bond donors (Lipinski definition) is 1. The highest BCUT2D eigenvalue weighted by Crippen LogP contribution is 2.18. The van der Waals surface area contributed by atoms with Gasteiger partial charge in [-0.05, 0) is 18.6 Å². The first-order valence-electron chi connectivity index (χ1n) is 5.32. The number of carbonyl (C=O) groups is 2. The summed E-state index contributed by atoms with van der Waals surface area (Å²) in [5, 5.41) is 8.86. The van der Waals surface area contributed by atoms with Gasteiger partial charge in [0.05, 0.1) is 6.61 Å². The third-order valence-electron chi connectivity index (χ3n) is 2.03. The van der Waals surface area contributed by atoms with Gasteiger partial charge in [0.2, 0.25) is 0 Å². The van der Waals surface area contributed by atoms with Crippen LogP contribution in [0, 0.1) is 0 Å². The summed E-state index contributed by atoms with van der Waals surface area (Å²) in [6.45, 7) is 2.24. The molecule has 0 spiro atoms. The lowest BCUT2D eigenvalue weighted by atomic mass is 10.2. The quantitative estimate of drug-likeness (QED) is 0.485. The first-order valence-corrected chi connectivity index (χ1v) is 5.32. The SMILES string of the molecule is CCCCOC(=O)Oc1ccccc1C(=O)O. The summed E-state index contributed by atoms with van der Waals surface area (Å²) in [6.07, 6.45) is 0.765. The fourth-order valence-electron chi connectivity index (χ4n) is 1.15. The van der Waals surface area contributed by atoms with Gasteiger partial charge in [0.1, 0.15) is 11.3 Å². The highest BCUT2D eigenvalue weighted by Gasteiger charge is 2.14. The molecule has 5 nitrogen and oxygen atoms in total. The minimum atomic E-state index is -1.15. The summed E-state index contributed by atoms with van der Waals surface area (Å²) in [7, 11) is 0. The van der Waals surface area contributed by atoms with E-state index in [-0.39, 0.29) is 17.9 Å². The van der Waals surface area contributed by atoms with Crippen molar-refractivity contribution < 1.29 is 24.2 Å². The van der Waals surface area contributed by atoms with Crippen molar-refractivity contribution >= 4 is 12.1 Å². The van der Waals surface area contributed by atoms with Gasteiger partial charge >= 0.3 is 12.1 Å².